The Morgan fingerprint density at radius 2 is 2.44 bits per heavy atom. The van der Waals surface area contributed by atoms with Gasteiger partial charge in [-0.15, -0.1) is 0 Å². The summed E-state index contributed by atoms with van der Waals surface area (Å²) in [4.78, 5) is 13.4. The third-order valence-electron chi connectivity index (χ3n) is 2.28. The first-order valence-corrected chi connectivity index (χ1v) is 5.75. The highest BCUT2D eigenvalue weighted by Gasteiger charge is 2.16. The smallest absolute Gasteiger partial charge is 0.254 e. The fourth-order valence-corrected chi connectivity index (χ4v) is 1.92. The summed E-state index contributed by atoms with van der Waals surface area (Å²) >= 11 is 1.48. The maximum atomic E-state index is 11.8. The molecule has 0 aliphatic rings. The van der Waals surface area contributed by atoms with Crippen molar-refractivity contribution in [2.24, 2.45) is 16.8 Å². The molecule has 0 saturated heterocycles. The molecule has 0 aliphatic carbocycles. The number of carbonyl (C=O) groups excluding carboxylic acids is 1. The van der Waals surface area contributed by atoms with Crippen LogP contribution in [0.4, 0.5) is 0 Å². The van der Waals surface area contributed by atoms with Crippen LogP contribution in [0, 0.1) is 5.92 Å². The van der Waals surface area contributed by atoms with Crippen molar-refractivity contribution >= 4 is 23.1 Å². The number of carbonyl (C=O) groups is 1. The molecule has 88 valence electrons. The van der Waals surface area contributed by atoms with Gasteiger partial charge in [-0.1, -0.05) is 12.1 Å². The minimum Gasteiger partial charge on any atom is -0.409 e. The number of rotatable bonds is 4. The van der Waals surface area contributed by atoms with E-state index in [0.717, 1.165) is 0 Å². The molecule has 0 fully saturated rings. The van der Waals surface area contributed by atoms with Crippen molar-refractivity contribution in [3.63, 3.8) is 0 Å². The third-order valence-corrected chi connectivity index (χ3v) is 2.97. The van der Waals surface area contributed by atoms with Crippen molar-refractivity contribution in [1.29, 1.82) is 0 Å². The van der Waals surface area contributed by atoms with Gasteiger partial charge in [-0.25, -0.2) is 0 Å². The molecule has 1 aromatic rings. The van der Waals surface area contributed by atoms with E-state index in [2.05, 4.69) is 5.16 Å². The Morgan fingerprint density at radius 1 is 1.75 bits per heavy atom. The van der Waals surface area contributed by atoms with E-state index in [0.29, 0.717) is 12.1 Å². The van der Waals surface area contributed by atoms with Crippen molar-refractivity contribution in [1.82, 2.24) is 4.90 Å². The van der Waals surface area contributed by atoms with E-state index in [1.165, 1.54) is 11.3 Å². The van der Waals surface area contributed by atoms with Gasteiger partial charge in [0.25, 0.3) is 5.91 Å². The van der Waals surface area contributed by atoms with E-state index < -0.39 is 0 Å². The zero-order valence-electron chi connectivity index (χ0n) is 9.25. The van der Waals surface area contributed by atoms with Crippen LogP contribution in [0.3, 0.4) is 0 Å². The number of nitrogens with zero attached hydrogens (tertiary/aromatic N) is 2. The monoisotopic (exact) mass is 241 g/mol. The second-order valence-electron chi connectivity index (χ2n) is 3.62. The summed E-state index contributed by atoms with van der Waals surface area (Å²) in [5, 5.41) is 15.1. The summed E-state index contributed by atoms with van der Waals surface area (Å²) in [6, 6.07) is 1.78. The fraction of sp³-hybridized carbons (Fsp3) is 0.400. The molecule has 0 bridgehead atoms. The van der Waals surface area contributed by atoms with Gasteiger partial charge in [-0.2, -0.15) is 11.3 Å². The Kier molecular flexibility index (Phi) is 4.30. The largest absolute Gasteiger partial charge is 0.409 e. The first-order chi connectivity index (χ1) is 7.56. The van der Waals surface area contributed by atoms with Crippen molar-refractivity contribution in [3.8, 4) is 0 Å². The Balaban J connectivity index is 2.59. The number of amidine groups is 1. The van der Waals surface area contributed by atoms with Gasteiger partial charge in [0, 0.05) is 24.9 Å². The van der Waals surface area contributed by atoms with Crippen LogP contribution in [0.25, 0.3) is 0 Å². The lowest BCUT2D eigenvalue weighted by Crippen LogP contribution is -2.36. The average Bonchev–Trinajstić information content (AvgIpc) is 2.79. The van der Waals surface area contributed by atoms with Crippen LogP contribution < -0.4 is 5.73 Å². The van der Waals surface area contributed by atoms with E-state index in [4.69, 9.17) is 10.9 Å². The Labute approximate surface area is 98.2 Å². The first-order valence-electron chi connectivity index (χ1n) is 4.81. The van der Waals surface area contributed by atoms with E-state index in [1.54, 1.807) is 30.3 Å². The average molecular weight is 241 g/mol. The molecule has 16 heavy (non-hydrogen) atoms. The number of amides is 1. The van der Waals surface area contributed by atoms with E-state index in [9.17, 15) is 4.79 Å². The molecule has 6 heteroatoms. The summed E-state index contributed by atoms with van der Waals surface area (Å²) in [7, 11) is 1.70. The van der Waals surface area contributed by atoms with Gasteiger partial charge < -0.3 is 15.8 Å². The minimum atomic E-state index is -0.169. The van der Waals surface area contributed by atoms with Gasteiger partial charge in [0.1, 0.15) is 5.84 Å². The zero-order valence-corrected chi connectivity index (χ0v) is 10.1. The summed E-state index contributed by atoms with van der Waals surface area (Å²) in [6.07, 6.45) is 0. The van der Waals surface area contributed by atoms with Gasteiger partial charge in [0.05, 0.1) is 5.56 Å². The zero-order chi connectivity index (χ0) is 12.1. The number of thiophene rings is 1. The Hall–Kier alpha value is -1.56. The molecular formula is C10H15N3O2S. The molecule has 0 aromatic carbocycles. The lowest BCUT2D eigenvalue weighted by molar-refractivity contribution is 0.0786. The summed E-state index contributed by atoms with van der Waals surface area (Å²) in [6.45, 7) is 2.22. The van der Waals surface area contributed by atoms with Crippen molar-refractivity contribution in [2.45, 2.75) is 6.92 Å². The van der Waals surface area contributed by atoms with Crippen molar-refractivity contribution in [3.05, 3.63) is 22.4 Å². The van der Waals surface area contributed by atoms with Crippen LogP contribution in [0.15, 0.2) is 22.0 Å². The normalized spacial score (nSPS) is 13.5. The number of nitrogens with two attached hydrogens (primary N) is 1. The van der Waals surface area contributed by atoms with Crippen LogP contribution in [-0.2, 0) is 0 Å². The van der Waals surface area contributed by atoms with Gasteiger partial charge in [-0.3, -0.25) is 4.79 Å². The Morgan fingerprint density at radius 3 is 2.94 bits per heavy atom. The maximum absolute atomic E-state index is 11.8. The van der Waals surface area contributed by atoms with Gasteiger partial charge >= 0.3 is 0 Å². The second-order valence-corrected chi connectivity index (χ2v) is 4.40. The highest BCUT2D eigenvalue weighted by Crippen LogP contribution is 2.10. The molecule has 1 atom stereocenters. The minimum absolute atomic E-state index is 0.0566. The molecule has 0 spiro atoms. The van der Waals surface area contributed by atoms with E-state index in [-0.39, 0.29) is 17.7 Å². The topological polar surface area (TPSA) is 78.9 Å². The molecule has 1 heterocycles. The summed E-state index contributed by atoms with van der Waals surface area (Å²) < 4.78 is 0. The van der Waals surface area contributed by atoms with Crippen molar-refractivity contribution < 1.29 is 10.0 Å². The summed E-state index contributed by atoms with van der Waals surface area (Å²) in [5.41, 5.74) is 6.11. The number of hydrogen-bond donors (Lipinski definition) is 2. The number of oxime groups is 1. The molecular weight excluding hydrogens is 226 g/mol. The maximum Gasteiger partial charge on any atom is 0.254 e. The second kappa shape index (κ2) is 5.50. The molecule has 3 N–H and O–H groups in total. The SMILES string of the molecule is CC(CN(C)C(=O)c1ccsc1)C(N)=NO. The van der Waals surface area contributed by atoms with Gasteiger partial charge in [0.15, 0.2) is 0 Å². The van der Waals surface area contributed by atoms with Crippen LogP contribution in [0.5, 0.6) is 0 Å². The molecule has 0 radical (unpaired) electrons. The molecule has 1 amide bonds. The lowest BCUT2D eigenvalue weighted by atomic mass is 10.1. The highest BCUT2D eigenvalue weighted by molar-refractivity contribution is 7.08. The molecule has 0 aliphatic heterocycles. The molecule has 1 aromatic heterocycles. The number of hydrogen-bond acceptors (Lipinski definition) is 4. The highest BCUT2D eigenvalue weighted by atomic mass is 32.1. The van der Waals surface area contributed by atoms with E-state index in [1.807, 2.05) is 5.38 Å². The predicted molar refractivity (Wildman–Crippen MR) is 63.9 cm³/mol. The predicted octanol–water partition coefficient (Wildman–Crippen LogP) is 1.20. The van der Waals surface area contributed by atoms with E-state index >= 15 is 0 Å². The van der Waals surface area contributed by atoms with Crippen LogP contribution >= 0.6 is 11.3 Å². The standard InChI is InChI=1S/C10H15N3O2S/c1-7(9(11)12-15)5-13(2)10(14)8-3-4-16-6-8/h3-4,6-7,15H,5H2,1-2H3,(H2,11,12). The van der Waals surface area contributed by atoms with Crippen LogP contribution in [0.1, 0.15) is 17.3 Å². The third kappa shape index (κ3) is 2.96. The Bertz CT molecular complexity index is 375. The molecule has 5 nitrogen and oxygen atoms in total. The lowest BCUT2D eigenvalue weighted by Gasteiger charge is -2.20. The molecule has 1 unspecified atom stereocenters. The van der Waals surface area contributed by atoms with Gasteiger partial charge in [0.2, 0.25) is 0 Å². The van der Waals surface area contributed by atoms with Gasteiger partial charge in [-0.05, 0) is 11.4 Å². The quantitative estimate of drug-likeness (QED) is 0.360. The first kappa shape index (κ1) is 12.5. The molecule has 0 saturated carbocycles. The fourth-order valence-electron chi connectivity index (χ4n) is 1.29. The summed E-state index contributed by atoms with van der Waals surface area (Å²) in [5.74, 6) is -0.0959. The van der Waals surface area contributed by atoms with Crippen LogP contribution in [-0.4, -0.2) is 35.4 Å². The molecule has 1 rings (SSSR count). The van der Waals surface area contributed by atoms with Crippen molar-refractivity contribution in [2.75, 3.05) is 13.6 Å². The van der Waals surface area contributed by atoms with Crippen LogP contribution in [0.2, 0.25) is 0 Å².